The van der Waals surface area contributed by atoms with E-state index in [4.69, 9.17) is 0 Å². The third-order valence-corrected chi connectivity index (χ3v) is 3.23. The van der Waals surface area contributed by atoms with Crippen LogP contribution in [0.1, 0.15) is 37.6 Å². The van der Waals surface area contributed by atoms with Gasteiger partial charge in [-0.25, -0.2) is 0 Å². The molecule has 1 rings (SSSR count). The Morgan fingerprint density at radius 1 is 1.19 bits per heavy atom. The van der Waals surface area contributed by atoms with Gasteiger partial charge in [-0.3, -0.25) is 4.98 Å². The summed E-state index contributed by atoms with van der Waals surface area (Å²) >= 11 is 0. The van der Waals surface area contributed by atoms with Gasteiger partial charge < -0.3 is 0 Å². The topological polar surface area (TPSA) is 12.9 Å². The second-order valence-electron chi connectivity index (χ2n) is 4.77. The monoisotopic (exact) mass is 277 g/mol. The summed E-state index contributed by atoms with van der Waals surface area (Å²) in [7, 11) is 0. The molecule has 0 aromatic carbocycles. The van der Waals surface area contributed by atoms with Gasteiger partial charge in [-0.2, -0.15) is 0 Å². The molecule has 1 heteroatoms. The average molecular weight is 277 g/mol. The molecule has 1 heterocycles. The molecule has 0 aliphatic rings. The molecule has 0 atom stereocenters. The zero-order valence-electron chi connectivity index (χ0n) is 13.2. The first-order valence-electron chi connectivity index (χ1n) is 6.98. The molecule has 0 unspecified atom stereocenters. The van der Waals surface area contributed by atoms with Crippen LogP contribution in [-0.2, 0) is 0 Å². The first-order valence-corrected chi connectivity index (χ1v) is 6.98. The van der Waals surface area contributed by atoms with E-state index in [-0.39, 0.29) is 0 Å². The Bertz CT molecular complexity index is 640. The van der Waals surface area contributed by atoms with Gasteiger partial charge in [-0.1, -0.05) is 55.7 Å². The van der Waals surface area contributed by atoms with Crippen molar-refractivity contribution in [1.82, 2.24) is 4.98 Å². The molecule has 1 aromatic heterocycles. The van der Waals surface area contributed by atoms with Crippen LogP contribution in [-0.4, -0.2) is 4.98 Å². The highest BCUT2D eigenvalue weighted by molar-refractivity contribution is 5.80. The zero-order valence-corrected chi connectivity index (χ0v) is 13.2. The number of aromatic nitrogens is 1. The summed E-state index contributed by atoms with van der Waals surface area (Å²) in [5.74, 6) is 0. The van der Waals surface area contributed by atoms with Crippen molar-refractivity contribution >= 4 is 17.7 Å². The molecule has 0 radical (unpaired) electrons. The van der Waals surface area contributed by atoms with Crippen LogP contribution < -0.4 is 0 Å². The molecule has 0 aliphatic carbocycles. The molecule has 1 aromatic rings. The molecule has 0 amide bonds. The molecular weight excluding hydrogens is 254 g/mol. The number of hydrogen-bond donors (Lipinski definition) is 0. The molecule has 108 valence electrons. The van der Waals surface area contributed by atoms with Gasteiger partial charge in [0, 0.05) is 17.3 Å². The highest BCUT2D eigenvalue weighted by Gasteiger charge is 2.05. The Kier molecular flexibility index (Phi) is 6.35. The molecule has 1 nitrogen and oxygen atoms in total. The molecule has 21 heavy (non-hydrogen) atoms. The van der Waals surface area contributed by atoms with Gasteiger partial charge >= 0.3 is 0 Å². The summed E-state index contributed by atoms with van der Waals surface area (Å²) in [5.41, 5.74) is 5.82. The quantitative estimate of drug-likeness (QED) is 0.594. The average Bonchev–Trinajstić information content (AvgIpc) is 2.52. The predicted octanol–water partition coefficient (Wildman–Crippen LogP) is 5.85. The van der Waals surface area contributed by atoms with E-state index < -0.39 is 0 Å². The fraction of sp³-hybridized carbons (Fsp3) is 0.150. The van der Waals surface area contributed by atoms with Gasteiger partial charge in [0.25, 0.3) is 0 Å². The van der Waals surface area contributed by atoms with E-state index in [9.17, 15) is 0 Å². The zero-order chi connectivity index (χ0) is 15.8. The standard InChI is InChI=1S/C20H23N/c1-7-10-20-18(9-3)13-19(14-21-20)17(6)16(5)12-11-15(4)8-2/h7-14H,3,5-6H2,1-2,4H3/b10-7-,12-11-,15-8+. The van der Waals surface area contributed by atoms with Gasteiger partial charge in [-0.15, -0.1) is 0 Å². The van der Waals surface area contributed by atoms with Crippen LogP contribution >= 0.6 is 0 Å². The fourth-order valence-corrected chi connectivity index (χ4v) is 1.73. The molecule has 0 spiro atoms. The van der Waals surface area contributed by atoms with Gasteiger partial charge in [0.2, 0.25) is 0 Å². The summed E-state index contributed by atoms with van der Waals surface area (Å²) in [6, 6.07) is 2.04. The number of rotatable bonds is 6. The largest absolute Gasteiger partial charge is 0.256 e. The molecule has 0 saturated heterocycles. The Labute approximate surface area is 128 Å². The smallest absolute Gasteiger partial charge is 0.0698 e. The van der Waals surface area contributed by atoms with Crippen LogP contribution in [0.5, 0.6) is 0 Å². The molecule has 0 aliphatic heterocycles. The van der Waals surface area contributed by atoms with Crippen molar-refractivity contribution in [2.45, 2.75) is 20.8 Å². The van der Waals surface area contributed by atoms with E-state index >= 15 is 0 Å². The Morgan fingerprint density at radius 2 is 1.90 bits per heavy atom. The van der Waals surface area contributed by atoms with Crippen LogP contribution in [0.15, 0.2) is 67.5 Å². The van der Waals surface area contributed by atoms with Crippen molar-refractivity contribution in [3.8, 4) is 0 Å². The van der Waals surface area contributed by atoms with Crippen LogP contribution in [0, 0.1) is 0 Å². The molecule has 0 fully saturated rings. The lowest BCUT2D eigenvalue weighted by atomic mass is 9.99. The van der Waals surface area contributed by atoms with Crippen molar-refractivity contribution < 1.29 is 0 Å². The third-order valence-electron chi connectivity index (χ3n) is 3.23. The minimum absolute atomic E-state index is 0.873. The number of nitrogens with zero attached hydrogens (tertiary/aromatic N) is 1. The summed E-state index contributed by atoms with van der Waals surface area (Å²) in [5, 5.41) is 0. The van der Waals surface area contributed by atoms with E-state index in [0.717, 1.165) is 28.0 Å². The second kappa shape index (κ2) is 8.01. The third kappa shape index (κ3) is 4.57. The normalized spacial score (nSPS) is 12.0. The maximum absolute atomic E-state index is 4.46. The Morgan fingerprint density at radius 3 is 2.48 bits per heavy atom. The summed E-state index contributed by atoms with van der Waals surface area (Å²) < 4.78 is 0. The van der Waals surface area contributed by atoms with Gasteiger partial charge in [0.05, 0.1) is 5.69 Å². The van der Waals surface area contributed by atoms with Crippen LogP contribution in [0.2, 0.25) is 0 Å². The van der Waals surface area contributed by atoms with Crippen LogP contribution in [0.3, 0.4) is 0 Å². The van der Waals surface area contributed by atoms with Crippen molar-refractivity contribution in [3.63, 3.8) is 0 Å². The first kappa shape index (κ1) is 16.6. The molecular formula is C20H23N. The van der Waals surface area contributed by atoms with Gasteiger partial charge in [-0.05, 0) is 44.1 Å². The maximum Gasteiger partial charge on any atom is 0.0698 e. The Hall–Kier alpha value is -2.41. The van der Waals surface area contributed by atoms with Crippen molar-refractivity contribution in [3.05, 3.63) is 84.3 Å². The van der Waals surface area contributed by atoms with Crippen LogP contribution in [0.25, 0.3) is 17.7 Å². The summed E-state index contributed by atoms with van der Waals surface area (Å²) in [6.07, 6.45) is 13.6. The van der Waals surface area contributed by atoms with E-state index in [2.05, 4.69) is 37.7 Å². The fourth-order valence-electron chi connectivity index (χ4n) is 1.73. The number of allylic oxidation sites excluding steroid dienone is 7. The van der Waals surface area contributed by atoms with Crippen molar-refractivity contribution in [2.75, 3.05) is 0 Å². The van der Waals surface area contributed by atoms with E-state index in [1.165, 1.54) is 5.57 Å². The Balaban J connectivity index is 3.05. The van der Waals surface area contributed by atoms with Crippen LogP contribution in [0.4, 0.5) is 0 Å². The second-order valence-corrected chi connectivity index (χ2v) is 4.77. The van der Waals surface area contributed by atoms with E-state index in [1.54, 1.807) is 0 Å². The highest BCUT2D eigenvalue weighted by atomic mass is 14.7. The molecule has 0 bridgehead atoms. The number of pyridine rings is 1. The van der Waals surface area contributed by atoms with Gasteiger partial charge in [0.1, 0.15) is 0 Å². The molecule has 0 N–H and O–H groups in total. The predicted molar refractivity (Wildman–Crippen MR) is 95.8 cm³/mol. The lowest BCUT2D eigenvalue weighted by Gasteiger charge is -2.08. The summed E-state index contributed by atoms with van der Waals surface area (Å²) in [4.78, 5) is 4.46. The minimum atomic E-state index is 0.873. The van der Waals surface area contributed by atoms with Gasteiger partial charge in [0.15, 0.2) is 0 Å². The van der Waals surface area contributed by atoms with E-state index in [1.807, 2.05) is 56.5 Å². The van der Waals surface area contributed by atoms with E-state index in [0.29, 0.717) is 0 Å². The van der Waals surface area contributed by atoms with Crippen molar-refractivity contribution in [1.29, 1.82) is 0 Å². The molecule has 0 saturated carbocycles. The lowest BCUT2D eigenvalue weighted by molar-refractivity contribution is 1.26. The first-order chi connectivity index (χ1) is 10.0. The number of hydrogen-bond acceptors (Lipinski definition) is 1. The lowest BCUT2D eigenvalue weighted by Crippen LogP contribution is -1.92. The van der Waals surface area contributed by atoms with Crippen molar-refractivity contribution in [2.24, 2.45) is 0 Å². The SMILES string of the molecule is C=Cc1cc(C(=C)C(=C)/C=C\C(C)=C\C)cnc1/C=C\C. The highest BCUT2D eigenvalue weighted by Crippen LogP contribution is 2.23. The summed E-state index contributed by atoms with van der Waals surface area (Å²) in [6.45, 7) is 18.1. The minimum Gasteiger partial charge on any atom is -0.256 e. The maximum atomic E-state index is 4.46.